The van der Waals surface area contributed by atoms with E-state index in [1.165, 1.54) is 11.0 Å². The van der Waals surface area contributed by atoms with Gasteiger partial charge in [-0.3, -0.25) is 4.79 Å². The largest absolute Gasteiger partial charge is 0.421 e. The molecule has 0 aliphatic rings. The first-order valence-corrected chi connectivity index (χ1v) is 8.40. The van der Waals surface area contributed by atoms with Gasteiger partial charge in [-0.2, -0.15) is 11.3 Å². The van der Waals surface area contributed by atoms with Crippen molar-refractivity contribution in [3.05, 3.63) is 58.4 Å². The maximum Gasteiger partial charge on any atom is 0.248 e. The molecule has 2 heterocycles. The first-order chi connectivity index (χ1) is 11.6. The minimum absolute atomic E-state index is 0.103. The summed E-state index contributed by atoms with van der Waals surface area (Å²) in [6.07, 6.45) is 0.591. The van der Waals surface area contributed by atoms with Crippen molar-refractivity contribution in [3.63, 3.8) is 0 Å². The van der Waals surface area contributed by atoms with Crippen molar-refractivity contribution in [2.45, 2.75) is 19.4 Å². The molecule has 0 fully saturated rings. The smallest absolute Gasteiger partial charge is 0.248 e. The van der Waals surface area contributed by atoms with E-state index in [0.29, 0.717) is 23.8 Å². The quantitative estimate of drug-likeness (QED) is 0.686. The highest BCUT2D eigenvalue weighted by molar-refractivity contribution is 7.08. The van der Waals surface area contributed by atoms with Crippen LogP contribution in [0.1, 0.15) is 17.9 Å². The Morgan fingerprint density at radius 3 is 2.88 bits per heavy atom. The summed E-state index contributed by atoms with van der Waals surface area (Å²) in [7, 11) is 1.65. The number of hydrogen-bond acceptors (Lipinski definition) is 5. The first kappa shape index (κ1) is 16.3. The Kier molecular flexibility index (Phi) is 5.00. The van der Waals surface area contributed by atoms with Crippen LogP contribution < -0.4 is 0 Å². The zero-order valence-corrected chi connectivity index (χ0v) is 13.9. The minimum Gasteiger partial charge on any atom is -0.421 e. The molecule has 2 aromatic heterocycles. The number of halogens is 1. The lowest BCUT2D eigenvalue weighted by atomic mass is 10.2. The molecular formula is C17H16FN3O2S. The van der Waals surface area contributed by atoms with Crippen molar-refractivity contribution in [2.24, 2.45) is 0 Å². The second kappa shape index (κ2) is 7.35. The van der Waals surface area contributed by atoms with Gasteiger partial charge in [-0.15, -0.1) is 10.2 Å². The number of benzene rings is 1. The zero-order chi connectivity index (χ0) is 16.9. The third-order valence-corrected chi connectivity index (χ3v) is 4.26. The Bertz CT molecular complexity index is 817. The van der Waals surface area contributed by atoms with Gasteiger partial charge in [0.15, 0.2) is 0 Å². The molecule has 1 amide bonds. The average Bonchev–Trinajstić information content (AvgIpc) is 3.25. The van der Waals surface area contributed by atoms with Gasteiger partial charge in [-0.25, -0.2) is 4.39 Å². The second-order valence-electron chi connectivity index (χ2n) is 5.35. The third kappa shape index (κ3) is 3.86. The van der Waals surface area contributed by atoms with Gasteiger partial charge in [-0.1, -0.05) is 18.2 Å². The number of aromatic nitrogens is 2. The molecule has 0 aliphatic heterocycles. The van der Waals surface area contributed by atoms with Crippen molar-refractivity contribution in [3.8, 4) is 11.5 Å². The monoisotopic (exact) mass is 345 g/mol. The lowest BCUT2D eigenvalue weighted by Gasteiger charge is -2.17. The van der Waals surface area contributed by atoms with Crippen LogP contribution in [0.25, 0.3) is 11.5 Å². The molecule has 0 N–H and O–H groups in total. The Morgan fingerprint density at radius 2 is 2.12 bits per heavy atom. The van der Waals surface area contributed by atoms with Crippen LogP contribution in [0.4, 0.5) is 4.39 Å². The summed E-state index contributed by atoms with van der Waals surface area (Å²) in [5.41, 5.74) is 1.37. The molecule has 0 saturated heterocycles. The molecule has 7 heteroatoms. The van der Waals surface area contributed by atoms with Gasteiger partial charge in [0.2, 0.25) is 17.7 Å². The maximum atomic E-state index is 13.6. The molecule has 0 radical (unpaired) electrons. The Balaban J connectivity index is 1.54. The molecule has 124 valence electrons. The van der Waals surface area contributed by atoms with E-state index in [1.807, 2.05) is 16.8 Å². The molecule has 3 rings (SSSR count). The first-order valence-electron chi connectivity index (χ1n) is 7.46. The van der Waals surface area contributed by atoms with Crippen LogP contribution in [-0.4, -0.2) is 28.1 Å². The summed E-state index contributed by atoms with van der Waals surface area (Å²) in [6.45, 7) is 0.232. The molecule has 0 bridgehead atoms. The Hall–Kier alpha value is -2.54. The lowest BCUT2D eigenvalue weighted by molar-refractivity contribution is -0.130. The second-order valence-corrected chi connectivity index (χ2v) is 6.13. The fraction of sp³-hybridized carbons (Fsp3) is 0.235. The highest BCUT2D eigenvalue weighted by Crippen LogP contribution is 2.21. The summed E-state index contributed by atoms with van der Waals surface area (Å²) in [4.78, 5) is 13.7. The number of aryl methyl sites for hydroxylation is 1. The van der Waals surface area contributed by atoms with Gasteiger partial charge in [0.05, 0.1) is 0 Å². The summed E-state index contributed by atoms with van der Waals surface area (Å²) in [6, 6.07) is 8.33. The molecule has 0 unspecified atom stereocenters. The van der Waals surface area contributed by atoms with Crippen molar-refractivity contribution in [2.75, 3.05) is 7.05 Å². The molecule has 0 atom stereocenters. The third-order valence-electron chi connectivity index (χ3n) is 3.58. The van der Waals surface area contributed by atoms with Crippen LogP contribution in [0.2, 0.25) is 0 Å². The van der Waals surface area contributed by atoms with E-state index in [1.54, 1.807) is 36.6 Å². The number of amides is 1. The Labute approximate surface area is 142 Å². The fourth-order valence-electron chi connectivity index (χ4n) is 2.23. The Morgan fingerprint density at radius 1 is 1.29 bits per heavy atom. The summed E-state index contributed by atoms with van der Waals surface area (Å²) < 4.78 is 19.2. The summed E-state index contributed by atoms with van der Waals surface area (Å²) in [5, 5.41) is 11.8. The standard InChI is InChI=1S/C17H16FN3O2S/c1-21(10-12-4-2-3-5-14(12)18)16(22)7-6-15-19-20-17(23-15)13-8-9-24-11-13/h2-5,8-9,11H,6-7,10H2,1H3. The van der Waals surface area contributed by atoms with Gasteiger partial charge in [0.1, 0.15) is 5.82 Å². The van der Waals surface area contributed by atoms with Crippen LogP contribution in [0.5, 0.6) is 0 Å². The van der Waals surface area contributed by atoms with E-state index >= 15 is 0 Å². The predicted molar refractivity (Wildman–Crippen MR) is 88.8 cm³/mol. The van der Waals surface area contributed by atoms with Crippen molar-refractivity contribution >= 4 is 17.2 Å². The van der Waals surface area contributed by atoms with E-state index in [4.69, 9.17) is 4.42 Å². The number of carbonyl (C=O) groups is 1. The van der Waals surface area contributed by atoms with Crippen LogP contribution >= 0.6 is 11.3 Å². The van der Waals surface area contributed by atoms with Crippen LogP contribution in [-0.2, 0) is 17.8 Å². The van der Waals surface area contributed by atoms with Gasteiger partial charge in [0, 0.05) is 42.9 Å². The number of hydrogen-bond donors (Lipinski definition) is 0. The van der Waals surface area contributed by atoms with Gasteiger partial charge < -0.3 is 9.32 Å². The molecule has 1 aromatic carbocycles. The molecule has 3 aromatic rings. The molecule has 0 aliphatic carbocycles. The number of carbonyl (C=O) groups excluding carboxylic acids is 1. The predicted octanol–water partition coefficient (Wildman–Crippen LogP) is 3.53. The number of nitrogens with zero attached hydrogens (tertiary/aromatic N) is 3. The maximum absolute atomic E-state index is 13.6. The zero-order valence-electron chi connectivity index (χ0n) is 13.1. The van der Waals surface area contributed by atoms with E-state index in [2.05, 4.69) is 10.2 Å². The summed E-state index contributed by atoms with van der Waals surface area (Å²) in [5.74, 6) is 0.463. The van der Waals surface area contributed by atoms with Gasteiger partial charge in [0.25, 0.3) is 0 Å². The highest BCUT2D eigenvalue weighted by Gasteiger charge is 2.14. The van der Waals surface area contributed by atoms with Crippen molar-refractivity contribution in [1.82, 2.24) is 15.1 Å². The van der Waals surface area contributed by atoms with Crippen LogP contribution in [0.3, 0.4) is 0 Å². The molecular weight excluding hydrogens is 329 g/mol. The van der Waals surface area contributed by atoms with E-state index in [-0.39, 0.29) is 24.7 Å². The average molecular weight is 345 g/mol. The van der Waals surface area contributed by atoms with E-state index in [0.717, 1.165) is 5.56 Å². The number of thiophene rings is 1. The topological polar surface area (TPSA) is 59.2 Å². The minimum atomic E-state index is -0.311. The van der Waals surface area contributed by atoms with E-state index in [9.17, 15) is 9.18 Å². The number of rotatable bonds is 6. The molecule has 5 nitrogen and oxygen atoms in total. The fourth-order valence-corrected chi connectivity index (χ4v) is 2.86. The SMILES string of the molecule is CN(Cc1ccccc1F)C(=O)CCc1nnc(-c2ccsc2)o1. The molecule has 24 heavy (non-hydrogen) atoms. The van der Waals surface area contributed by atoms with Crippen LogP contribution in [0.15, 0.2) is 45.5 Å². The molecule has 0 spiro atoms. The van der Waals surface area contributed by atoms with Gasteiger partial charge in [-0.05, 0) is 17.5 Å². The highest BCUT2D eigenvalue weighted by atomic mass is 32.1. The van der Waals surface area contributed by atoms with Crippen LogP contribution in [0, 0.1) is 5.82 Å². The van der Waals surface area contributed by atoms with E-state index < -0.39 is 0 Å². The van der Waals surface area contributed by atoms with Crippen molar-refractivity contribution in [1.29, 1.82) is 0 Å². The lowest BCUT2D eigenvalue weighted by Crippen LogP contribution is -2.26. The van der Waals surface area contributed by atoms with Crippen molar-refractivity contribution < 1.29 is 13.6 Å². The normalized spacial score (nSPS) is 10.8. The summed E-state index contributed by atoms with van der Waals surface area (Å²) >= 11 is 1.55. The molecule has 0 saturated carbocycles. The van der Waals surface area contributed by atoms with Gasteiger partial charge >= 0.3 is 0 Å².